The van der Waals surface area contributed by atoms with E-state index < -0.39 is 19.6 Å². The van der Waals surface area contributed by atoms with Crippen LogP contribution in [0.25, 0.3) is 55.1 Å². The van der Waals surface area contributed by atoms with E-state index in [1.165, 1.54) is 0 Å². The minimum absolute atomic E-state index is 0. The number of fused-ring (bicyclic) bond motifs is 7. The number of para-hydroxylation sites is 4. The Balaban J connectivity index is 0.000000178. The summed E-state index contributed by atoms with van der Waals surface area (Å²) in [5.74, 6) is 6.68. The molecule has 1 aliphatic heterocycles. The molecule has 0 bridgehead atoms. The van der Waals surface area contributed by atoms with Gasteiger partial charge in [-0.3, -0.25) is 4.99 Å². The second-order valence-corrected chi connectivity index (χ2v) is 26.0. The maximum atomic E-state index is 8.56. The molecule has 0 aliphatic carbocycles. The van der Waals surface area contributed by atoms with E-state index in [0.29, 0.717) is 0 Å². The van der Waals surface area contributed by atoms with E-state index >= 15 is 0 Å². The van der Waals surface area contributed by atoms with Gasteiger partial charge >= 0.3 is 128 Å². The molecule has 56 heavy (non-hydrogen) atoms. The second kappa shape index (κ2) is 15.5. The third-order valence-corrected chi connectivity index (χ3v) is 14.5. The van der Waals surface area contributed by atoms with Crippen molar-refractivity contribution in [1.82, 2.24) is 4.98 Å². The van der Waals surface area contributed by atoms with Gasteiger partial charge in [0.05, 0.1) is 11.3 Å². The van der Waals surface area contributed by atoms with Gasteiger partial charge in [-0.05, 0) is 29.5 Å². The smallest absolute Gasteiger partial charge is 0.138 e. The van der Waals surface area contributed by atoms with Gasteiger partial charge in [0.15, 0.2) is 0 Å². The van der Waals surface area contributed by atoms with Crippen LogP contribution < -0.4 is 4.40 Å². The maximum Gasteiger partial charge on any atom is 0.138 e. The molecule has 1 aliphatic rings. The molecule has 0 saturated heterocycles. The fraction of sp³-hybridized carbons (Fsp3) is 0.160. The van der Waals surface area contributed by atoms with Crippen LogP contribution in [0.4, 0.5) is 5.69 Å². The molecule has 1 radical (unpaired) electrons. The van der Waals surface area contributed by atoms with Crippen molar-refractivity contribution in [3.05, 3.63) is 174 Å². The molecule has 10 rings (SSSR count). The molecule has 0 amide bonds. The summed E-state index contributed by atoms with van der Waals surface area (Å²) in [7, 11) is 0. The van der Waals surface area contributed by atoms with Crippen LogP contribution in [0.5, 0.6) is 0 Å². The van der Waals surface area contributed by atoms with E-state index in [-0.39, 0.29) is 31.9 Å². The van der Waals surface area contributed by atoms with Gasteiger partial charge in [0.2, 0.25) is 0 Å². The molecule has 0 N–H and O–H groups in total. The van der Waals surface area contributed by atoms with E-state index in [1.807, 2.05) is 92.8 Å². The van der Waals surface area contributed by atoms with Crippen molar-refractivity contribution in [1.29, 1.82) is 0 Å². The quantitative estimate of drug-likeness (QED) is 0.123. The van der Waals surface area contributed by atoms with Gasteiger partial charge in [0.1, 0.15) is 16.7 Å². The predicted octanol–water partition coefficient (Wildman–Crippen LogP) is 12.8. The summed E-state index contributed by atoms with van der Waals surface area (Å²) in [5.41, 5.74) is 11.1. The Hall–Kier alpha value is -5.07. The van der Waals surface area contributed by atoms with Gasteiger partial charge in [-0.1, -0.05) is 83.7 Å². The van der Waals surface area contributed by atoms with Crippen LogP contribution in [0.2, 0.25) is 17.3 Å². The molecule has 0 spiro atoms. The molecule has 0 saturated carbocycles. The number of hydrogen-bond acceptors (Lipinski definition) is 4. The molecule has 6 heteroatoms. The monoisotopic (exact) mass is 971 g/mol. The number of aromatic nitrogens is 1. The van der Waals surface area contributed by atoms with E-state index in [1.54, 1.807) is 0 Å². The molecule has 3 aromatic heterocycles. The molecule has 1 atom stereocenters. The zero-order valence-electron chi connectivity index (χ0n) is 34.0. The van der Waals surface area contributed by atoms with Crippen LogP contribution in [0.3, 0.4) is 0 Å². The summed E-state index contributed by atoms with van der Waals surface area (Å²) in [6, 6.07) is 51.5. The molecule has 4 heterocycles. The Kier molecular flexibility index (Phi) is 9.76. The molecular weight excluding hydrogens is 925 g/mol. The normalized spacial score (nSPS) is 14.6. The van der Waals surface area contributed by atoms with Crippen LogP contribution in [0.1, 0.15) is 44.8 Å². The topological polar surface area (TPSA) is 51.5 Å². The largest absolute Gasteiger partial charge is 0.501 e. The third-order valence-electron chi connectivity index (χ3n) is 10.2. The van der Waals surface area contributed by atoms with Crippen LogP contribution in [0, 0.1) is 18.1 Å². The van der Waals surface area contributed by atoms with Crippen LogP contribution >= 0.6 is 0 Å². The molecule has 0 fully saturated rings. The van der Waals surface area contributed by atoms with Gasteiger partial charge in [0, 0.05) is 47.7 Å². The number of benzene rings is 6. The van der Waals surface area contributed by atoms with Crippen molar-refractivity contribution < 1.29 is 31.7 Å². The van der Waals surface area contributed by atoms with Crippen molar-refractivity contribution in [2.45, 2.75) is 43.4 Å². The van der Waals surface area contributed by atoms with Crippen LogP contribution in [-0.2, 0) is 26.5 Å². The zero-order chi connectivity index (χ0) is 39.5. The van der Waals surface area contributed by atoms with Crippen molar-refractivity contribution >= 4 is 72.9 Å². The van der Waals surface area contributed by atoms with E-state index in [0.717, 1.165) is 93.2 Å². The van der Waals surface area contributed by atoms with Gasteiger partial charge < -0.3 is 8.83 Å². The zero-order valence-corrected chi connectivity index (χ0v) is 36.5. The number of rotatable bonds is 6. The van der Waals surface area contributed by atoms with Gasteiger partial charge in [-0.15, -0.1) is 18.2 Å². The summed E-state index contributed by atoms with van der Waals surface area (Å²) in [5, 5.41) is 4.42. The number of nitrogens with zero attached hydrogens (tertiary/aromatic N) is 2. The van der Waals surface area contributed by atoms with Crippen molar-refractivity contribution in [2.75, 3.05) is 0 Å². The molecule has 279 valence electrons. The number of aliphatic imine (C=N–C) groups is 1. The first-order valence-electron chi connectivity index (χ1n) is 19.9. The van der Waals surface area contributed by atoms with Crippen molar-refractivity contribution in [3.63, 3.8) is 0 Å². The molecule has 1 unspecified atom stereocenters. The van der Waals surface area contributed by atoms with Gasteiger partial charge in [-0.2, -0.15) is 0 Å². The first kappa shape index (κ1) is 35.4. The fourth-order valence-electron chi connectivity index (χ4n) is 7.75. The standard InChI is InChI=1S/C32H18NO2.C18H24GeN.Ir/c1-4-16-26-23(11-1)29(24-14-7-12-21-19-9-2-5-17-27(19)34-31(21)24)30(33-26)25-15-8-13-22-20-10-3-6-18-28(20)35-32(22)25;1-14(2)11-16-12-18(15-9-7-6-8-10-15)20-13-17(16)19(3,4)5;/h1-14,16-18,29H;6-9,12-14H,11H2,1-5H3;/q2*-1;/i;11D2;. The molecule has 6 aromatic carbocycles. The maximum absolute atomic E-state index is 8.56. The molecule has 4 nitrogen and oxygen atoms in total. The fourth-order valence-corrected chi connectivity index (χ4v) is 10.7. The Bertz CT molecular complexity index is 2980. The van der Waals surface area contributed by atoms with E-state index in [4.69, 9.17) is 16.6 Å². The van der Waals surface area contributed by atoms with Crippen molar-refractivity contribution in [3.8, 4) is 11.3 Å². The average Bonchev–Trinajstić information content (AvgIpc) is 3.92. The minimum Gasteiger partial charge on any atom is -0.501 e. The molecular formula is C50H42GeIrN2O2-2. The summed E-state index contributed by atoms with van der Waals surface area (Å²) in [4.78, 5) is 9.74. The first-order valence-corrected chi connectivity index (χ1v) is 26.2. The SMILES string of the molecule is [2H]C([2H])(c1cc(-c2[c-]cccc2)nc[c]1[Ge]([CH3])([CH3])[CH3])C(C)C.[Ir].[c-]1ccc2c(oc3ccccc32)c1C1=Nc2ccccc2C1c1cccc2c1oc1ccccc12. The number of hydrogen-bond donors (Lipinski definition) is 0. The van der Waals surface area contributed by atoms with E-state index in [2.05, 4.69) is 95.0 Å². The summed E-state index contributed by atoms with van der Waals surface area (Å²) in [6.07, 6.45) is 0.562. The summed E-state index contributed by atoms with van der Waals surface area (Å²) in [6.45, 7) is 3.88. The predicted molar refractivity (Wildman–Crippen MR) is 231 cm³/mol. The van der Waals surface area contributed by atoms with Crippen LogP contribution in [0.15, 0.2) is 153 Å². The summed E-state index contributed by atoms with van der Waals surface area (Å²) >= 11 is -2.20. The summed E-state index contributed by atoms with van der Waals surface area (Å²) < 4.78 is 31.1. The first-order chi connectivity index (χ1) is 27.5. The Labute approximate surface area is 347 Å². The Morgan fingerprint density at radius 1 is 0.696 bits per heavy atom. The third kappa shape index (κ3) is 6.98. The van der Waals surface area contributed by atoms with Gasteiger partial charge in [0.25, 0.3) is 0 Å². The number of furan rings is 2. The Morgan fingerprint density at radius 2 is 1.34 bits per heavy atom. The van der Waals surface area contributed by atoms with E-state index in [9.17, 15) is 0 Å². The average molecular weight is 970 g/mol. The minimum atomic E-state index is -2.20. The van der Waals surface area contributed by atoms with Gasteiger partial charge in [-0.25, -0.2) is 0 Å². The molecule has 9 aromatic rings. The second-order valence-electron chi connectivity index (χ2n) is 15.4. The number of pyridine rings is 1. The van der Waals surface area contributed by atoms with Crippen LogP contribution in [-0.4, -0.2) is 24.0 Å². The Morgan fingerprint density at radius 3 is 2.05 bits per heavy atom. The van der Waals surface area contributed by atoms with Crippen molar-refractivity contribution in [2.24, 2.45) is 10.9 Å².